The molecule has 0 amide bonds. The third-order valence-corrected chi connectivity index (χ3v) is 2.29. The van der Waals surface area contributed by atoms with Gasteiger partial charge in [-0.1, -0.05) is 24.3 Å². The Hall–Kier alpha value is -1.39. The summed E-state index contributed by atoms with van der Waals surface area (Å²) in [5, 5.41) is 3.53. The molecular weight excluding hydrogens is 192 g/mol. The van der Waals surface area contributed by atoms with Crippen LogP contribution in [-0.4, -0.2) is 19.4 Å². The van der Waals surface area contributed by atoms with E-state index in [4.69, 9.17) is 15.3 Å². The highest BCUT2D eigenvalue weighted by atomic mass is 16.7. The van der Waals surface area contributed by atoms with E-state index in [9.17, 15) is 0 Å². The van der Waals surface area contributed by atoms with Crippen LogP contribution in [0.2, 0.25) is 0 Å². The van der Waals surface area contributed by atoms with E-state index in [0.29, 0.717) is 0 Å². The minimum atomic E-state index is -0.284. The van der Waals surface area contributed by atoms with Crippen molar-refractivity contribution in [2.75, 3.05) is 13.2 Å². The Balaban J connectivity index is 2.25. The summed E-state index contributed by atoms with van der Waals surface area (Å²) in [6.45, 7) is 1.47. The molecule has 0 atom stereocenters. The first-order valence-electron chi connectivity index (χ1n) is 4.97. The Labute approximate surface area is 88.7 Å². The van der Waals surface area contributed by atoms with E-state index < -0.39 is 0 Å². The zero-order valence-corrected chi connectivity index (χ0v) is 8.43. The Morgan fingerprint density at radius 1 is 1.27 bits per heavy atom. The molecule has 0 saturated carbocycles. The molecule has 1 saturated heterocycles. The fraction of sp³-hybridized carbons (Fsp3) is 0.364. The van der Waals surface area contributed by atoms with Crippen molar-refractivity contribution in [2.24, 2.45) is 10.9 Å². The van der Waals surface area contributed by atoms with Gasteiger partial charge in [0.2, 0.25) is 0 Å². The lowest BCUT2D eigenvalue weighted by molar-refractivity contribution is -0.183. The van der Waals surface area contributed by atoms with Gasteiger partial charge < -0.3 is 15.3 Å². The molecule has 2 rings (SSSR count). The van der Waals surface area contributed by atoms with Gasteiger partial charge in [0.25, 0.3) is 0 Å². The molecule has 1 aliphatic heterocycles. The molecule has 1 aromatic carbocycles. The van der Waals surface area contributed by atoms with Gasteiger partial charge in [-0.15, -0.1) is 0 Å². The van der Waals surface area contributed by atoms with Gasteiger partial charge in [0, 0.05) is 11.1 Å². The fourth-order valence-electron chi connectivity index (χ4n) is 1.59. The van der Waals surface area contributed by atoms with Crippen LogP contribution in [0, 0.1) is 0 Å². The third-order valence-electron chi connectivity index (χ3n) is 2.29. The highest BCUT2D eigenvalue weighted by molar-refractivity contribution is 5.81. The van der Waals surface area contributed by atoms with Crippen molar-refractivity contribution in [3.05, 3.63) is 35.4 Å². The number of ether oxygens (including phenoxy) is 2. The Morgan fingerprint density at radius 2 is 2.00 bits per heavy atom. The molecule has 0 aliphatic carbocycles. The number of hydrogen-bond donors (Lipinski definition) is 1. The summed E-state index contributed by atoms with van der Waals surface area (Å²) in [4.78, 5) is 0. The van der Waals surface area contributed by atoms with Gasteiger partial charge in [-0.05, 0) is 6.42 Å². The maximum Gasteiger partial charge on any atom is 0.184 e. The molecule has 1 fully saturated rings. The molecule has 1 heterocycles. The highest BCUT2D eigenvalue weighted by Crippen LogP contribution is 2.24. The van der Waals surface area contributed by atoms with Crippen LogP contribution in [0.25, 0.3) is 0 Å². The van der Waals surface area contributed by atoms with Crippen LogP contribution >= 0.6 is 0 Å². The van der Waals surface area contributed by atoms with E-state index in [1.54, 1.807) is 6.21 Å². The SMILES string of the molecule is NN=Cc1ccccc1C1OCCCO1. The predicted molar refractivity (Wildman–Crippen MR) is 57.5 cm³/mol. The molecular formula is C11H14N2O2. The van der Waals surface area contributed by atoms with Crippen molar-refractivity contribution >= 4 is 6.21 Å². The van der Waals surface area contributed by atoms with Gasteiger partial charge >= 0.3 is 0 Å². The topological polar surface area (TPSA) is 56.8 Å². The molecule has 4 nitrogen and oxygen atoms in total. The average molecular weight is 206 g/mol. The lowest BCUT2D eigenvalue weighted by Gasteiger charge is -2.24. The minimum Gasteiger partial charge on any atom is -0.348 e. The van der Waals surface area contributed by atoms with Crippen LogP contribution in [0.1, 0.15) is 23.8 Å². The average Bonchev–Trinajstić information content (AvgIpc) is 2.31. The van der Waals surface area contributed by atoms with Crippen LogP contribution in [0.3, 0.4) is 0 Å². The quantitative estimate of drug-likeness (QED) is 0.452. The molecule has 0 bridgehead atoms. The summed E-state index contributed by atoms with van der Waals surface area (Å²) in [7, 11) is 0. The lowest BCUT2D eigenvalue weighted by Crippen LogP contribution is -2.18. The second-order valence-electron chi connectivity index (χ2n) is 3.33. The number of nitrogens with zero attached hydrogens (tertiary/aromatic N) is 1. The number of rotatable bonds is 2. The van der Waals surface area contributed by atoms with E-state index in [-0.39, 0.29) is 6.29 Å². The summed E-state index contributed by atoms with van der Waals surface area (Å²) in [6, 6.07) is 7.79. The Kier molecular flexibility index (Phi) is 3.32. The maximum absolute atomic E-state index is 5.53. The normalized spacial score (nSPS) is 18.4. The van der Waals surface area contributed by atoms with Crippen LogP contribution in [0.15, 0.2) is 29.4 Å². The molecule has 0 spiro atoms. The monoisotopic (exact) mass is 206 g/mol. The van der Waals surface area contributed by atoms with E-state index in [2.05, 4.69) is 5.10 Å². The first-order chi connectivity index (χ1) is 7.42. The molecule has 4 heteroatoms. The Bertz CT molecular complexity index is 346. The van der Waals surface area contributed by atoms with Crippen molar-refractivity contribution in [3.8, 4) is 0 Å². The minimum absolute atomic E-state index is 0.284. The van der Waals surface area contributed by atoms with E-state index in [0.717, 1.165) is 30.8 Å². The van der Waals surface area contributed by atoms with Crippen molar-refractivity contribution in [1.82, 2.24) is 0 Å². The molecule has 1 aliphatic rings. The second-order valence-corrected chi connectivity index (χ2v) is 3.33. The zero-order chi connectivity index (χ0) is 10.5. The summed E-state index contributed by atoms with van der Waals surface area (Å²) in [6.07, 6.45) is 2.27. The molecule has 15 heavy (non-hydrogen) atoms. The van der Waals surface area contributed by atoms with Gasteiger partial charge in [0.05, 0.1) is 19.4 Å². The van der Waals surface area contributed by atoms with Crippen molar-refractivity contribution in [2.45, 2.75) is 12.7 Å². The largest absolute Gasteiger partial charge is 0.348 e. The van der Waals surface area contributed by atoms with E-state index in [1.165, 1.54) is 0 Å². The lowest BCUT2D eigenvalue weighted by atomic mass is 10.1. The number of benzene rings is 1. The van der Waals surface area contributed by atoms with Crippen LogP contribution in [0.4, 0.5) is 0 Å². The van der Waals surface area contributed by atoms with Gasteiger partial charge in [0.1, 0.15) is 0 Å². The summed E-state index contributed by atoms with van der Waals surface area (Å²) < 4.78 is 11.1. The maximum atomic E-state index is 5.53. The zero-order valence-electron chi connectivity index (χ0n) is 8.43. The van der Waals surface area contributed by atoms with Gasteiger partial charge in [-0.2, -0.15) is 5.10 Å². The van der Waals surface area contributed by atoms with Crippen molar-refractivity contribution < 1.29 is 9.47 Å². The highest BCUT2D eigenvalue weighted by Gasteiger charge is 2.18. The molecule has 80 valence electrons. The number of hydrogen-bond acceptors (Lipinski definition) is 4. The van der Waals surface area contributed by atoms with Crippen molar-refractivity contribution in [1.29, 1.82) is 0 Å². The Morgan fingerprint density at radius 3 is 2.73 bits per heavy atom. The van der Waals surface area contributed by atoms with Crippen molar-refractivity contribution in [3.63, 3.8) is 0 Å². The standard InChI is InChI=1S/C11H14N2O2/c12-13-8-9-4-1-2-5-10(9)11-14-6-3-7-15-11/h1-2,4-5,8,11H,3,6-7,12H2. The van der Waals surface area contributed by atoms with E-state index in [1.807, 2.05) is 24.3 Å². The van der Waals surface area contributed by atoms with Gasteiger partial charge in [0.15, 0.2) is 6.29 Å². The molecule has 1 aromatic rings. The van der Waals surface area contributed by atoms with Gasteiger partial charge in [-0.3, -0.25) is 0 Å². The van der Waals surface area contributed by atoms with Crippen LogP contribution in [-0.2, 0) is 9.47 Å². The summed E-state index contributed by atoms with van der Waals surface area (Å²) in [5.41, 5.74) is 1.92. The van der Waals surface area contributed by atoms with Crippen LogP contribution < -0.4 is 5.84 Å². The summed E-state index contributed by atoms with van der Waals surface area (Å²) >= 11 is 0. The molecule has 0 unspecified atom stereocenters. The number of nitrogens with two attached hydrogens (primary N) is 1. The first kappa shape index (κ1) is 10.1. The molecule has 0 aromatic heterocycles. The summed E-state index contributed by atoms with van der Waals surface area (Å²) in [5.74, 6) is 5.15. The molecule has 2 N–H and O–H groups in total. The first-order valence-corrected chi connectivity index (χ1v) is 4.97. The molecule has 0 radical (unpaired) electrons. The van der Waals surface area contributed by atoms with Gasteiger partial charge in [-0.25, -0.2) is 0 Å². The van der Waals surface area contributed by atoms with Crippen LogP contribution in [0.5, 0.6) is 0 Å². The smallest absolute Gasteiger partial charge is 0.184 e. The third kappa shape index (κ3) is 2.34. The fourth-order valence-corrected chi connectivity index (χ4v) is 1.59. The predicted octanol–water partition coefficient (Wildman–Crippen LogP) is 1.41. The number of hydrazone groups is 1. The second kappa shape index (κ2) is 4.91. The van der Waals surface area contributed by atoms with E-state index >= 15 is 0 Å².